The highest BCUT2D eigenvalue weighted by molar-refractivity contribution is 5.95. The van der Waals surface area contributed by atoms with Crippen LogP contribution in [0.15, 0.2) is 12.3 Å². The molecule has 1 unspecified atom stereocenters. The molecule has 0 aliphatic carbocycles. The first-order valence-corrected chi connectivity index (χ1v) is 5.97. The second kappa shape index (κ2) is 5.73. The van der Waals surface area contributed by atoms with Gasteiger partial charge in [0.15, 0.2) is 5.82 Å². The monoisotopic (exact) mass is 268 g/mol. The molecular formula is C12H20N4O3. The van der Waals surface area contributed by atoms with E-state index in [0.717, 1.165) is 0 Å². The number of carbonyl (C=O) groups excluding carboxylic acids is 2. The maximum Gasteiger partial charge on any atom is 0.408 e. The van der Waals surface area contributed by atoms with Gasteiger partial charge in [0.1, 0.15) is 11.6 Å². The van der Waals surface area contributed by atoms with E-state index in [1.807, 2.05) is 0 Å². The molecule has 2 N–H and O–H groups in total. The molecule has 1 heterocycles. The van der Waals surface area contributed by atoms with Gasteiger partial charge in [0.05, 0.1) is 0 Å². The first-order valence-electron chi connectivity index (χ1n) is 5.97. The molecule has 0 radical (unpaired) electrons. The molecule has 0 fully saturated rings. The molecule has 0 aromatic carbocycles. The van der Waals surface area contributed by atoms with E-state index >= 15 is 0 Å². The second-order valence-electron chi connectivity index (χ2n) is 5.23. The lowest BCUT2D eigenvalue weighted by Gasteiger charge is -2.21. The summed E-state index contributed by atoms with van der Waals surface area (Å²) in [6.45, 7) is 6.84. The summed E-state index contributed by atoms with van der Waals surface area (Å²) in [7, 11) is 1.75. The summed E-state index contributed by atoms with van der Waals surface area (Å²) in [5, 5.41) is 9.06. The van der Waals surface area contributed by atoms with Gasteiger partial charge in [-0.15, -0.1) is 0 Å². The molecule has 19 heavy (non-hydrogen) atoms. The van der Waals surface area contributed by atoms with Crippen molar-refractivity contribution in [2.45, 2.75) is 39.3 Å². The zero-order valence-corrected chi connectivity index (χ0v) is 11.9. The Morgan fingerprint density at radius 3 is 2.53 bits per heavy atom. The molecule has 2 amide bonds. The first kappa shape index (κ1) is 15.0. The third-order valence-electron chi connectivity index (χ3n) is 2.09. The zero-order chi connectivity index (χ0) is 14.6. The molecule has 0 bridgehead atoms. The van der Waals surface area contributed by atoms with Gasteiger partial charge < -0.3 is 15.4 Å². The molecule has 0 saturated heterocycles. The number of hydrogen-bond acceptors (Lipinski definition) is 4. The molecule has 7 heteroatoms. The van der Waals surface area contributed by atoms with Crippen LogP contribution in [-0.4, -0.2) is 33.4 Å². The minimum Gasteiger partial charge on any atom is -0.444 e. The highest BCUT2D eigenvalue weighted by Gasteiger charge is 2.21. The Balaban J connectivity index is 2.47. The van der Waals surface area contributed by atoms with Crippen LogP contribution in [0.25, 0.3) is 0 Å². The van der Waals surface area contributed by atoms with Crippen LogP contribution in [-0.2, 0) is 16.6 Å². The number of rotatable bonds is 3. The smallest absolute Gasteiger partial charge is 0.408 e. The minimum atomic E-state index is -0.711. The maximum atomic E-state index is 11.8. The average Bonchev–Trinajstić information content (AvgIpc) is 2.60. The average molecular weight is 268 g/mol. The van der Waals surface area contributed by atoms with Crippen molar-refractivity contribution in [2.75, 3.05) is 5.32 Å². The Bertz CT molecular complexity index is 462. The van der Waals surface area contributed by atoms with Crippen LogP contribution < -0.4 is 10.6 Å². The number of alkyl carbamates (subject to hydrolysis) is 1. The third-order valence-corrected chi connectivity index (χ3v) is 2.09. The van der Waals surface area contributed by atoms with Crippen LogP contribution in [0.5, 0.6) is 0 Å². The van der Waals surface area contributed by atoms with Crippen molar-refractivity contribution in [1.82, 2.24) is 15.1 Å². The maximum absolute atomic E-state index is 11.8. The highest BCUT2D eigenvalue weighted by atomic mass is 16.6. The topological polar surface area (TPSA) is 85.2 Å². The Morgan fingerprint density at radius 2 is 2.05 bits per heavy atom. The second-order valence-corrected chi connectivity index (χ2v) is 5.23. The van der Waals surface area contributed by atoms with Gasteiger partial charge in [-0.1, -0.05) is 0 Å². The molecule has 1 rings (SSSR count). The molecular weight excluding hydrogens is 248 g/mol. The molecule has 1 aromatic heterocycles. The van der Waals surface area contributed by atoms with E-state index in [2.05, 4.69) is 15.7 Å². The van der Waals surface area contributed by atoms with Crippen LogP contribution in [0.1, 0.15) is 27.7 Å². The summed E-state index contributed by atoms with van der Waals surface area (Å²) < 4.78 is 6.63. The number of hydrogen-bond donors (Lipinski definition) is 2. The fourth-order valence-corrected chi connectivity index (χ4v) is 1.27. The Kier molecular flexibility index (Phi) is 4.52. The fraction of sp³-hybridized carbons (Fsp3) is 0.583. The van der Waals surface area contributed by atoms with E-state index in [9.17, 15) is 9.59 Å². The predicted octanol–water partition coefficient (Wildman–Crippen LogP) is 1.27. The number of anilines is 1. The van der Waals surface area contributed by atoms with Crippen molar-refractivity contribution in [2.24, 2.45) is 7.05 Å². The summed E-state index contributed by atoms with van der Waals surface area (Å²) in [5.74, 6) is 0.0786. The van der Waals surface area contributed by atoms with Gasteiger partial charge in [-0.05, 0) is 27.7 Å². The SMILES string of the molecule is CC(NC(=O)OC(C)(C)C)C(=O)Nc1ccn(C)n1. The van der Waals surface area contributed by atoms with Crippen molar-refractivity contribution in [3.05, 3.63) is 12.3 Å². The van der Waals surface area contributed by atoms with E-state index < -0.39 is 17.7 Å². The van der Waals surface area contributed by atoms with Gasteiger partial charge in [-0.3, -0.25) is 9.48 Å². The van der Waals surface area contributed by atoms with Crippen LogP contribution in [0.2, 0.25) is 0 Å². The van der Waals surface area contributed by atoms with Crippen molar-refractivity contribution >= 4 is 17.8 Å². The molecule has 1 aromatic rings. The quantitative estimate of drug-likeness (QED) is 0.864. The Labute approximate surface area is 112 Å². The molecule has 0 saturated carbocycles. The lowest BCUT2D eigenvalue weighted by Crippen LogP contribution is -2.44. The standard InChI is InChI=1S/C12H20N4O3/c1-8(13-11(18)19-12(2,3)4)10(17)14-9-6-7-16(5)15-9/h6-8H,1-5H3,(H,13,18)(H,14,15,17). The number of aryl methyl sites for hydroxylation is 1. The Morgan fingerprint density at radius 1 is 1.42 bits per heavy atom. The molecule has 0 aliphatic heterocycles. The molecule has 0 aliphatic rings. The number of nitrogens with zero attached hydrogens (tertiary/aromatic N) is 2. The van der Waals surface area contributed by atoms with Crippen molar-refractivity contribution < 1.29 is 14.3 Å². The van der Waals surface area contributed by atoms with E-state index in [1.165, 1.54) is 0 Å². The molecule has 106 valence electrons. The largest absolute Gasteiger partial charge is 0.444 e. The zero-order valence-electron chi connectivity index (χ0n) is 11.9. The number of carbonyl (C=O) groups is 2. The van der Waals surface area contributed by atoms with E-state index in [0.29, 0.717) is 5.82 Å². The fourth-order valence-electron chi connectivity index (χ4n) is 1.27. The summed E-state index contributed by atoms with van der Waals surface area (Å²) in [6, 6.07) is 0.954. The first-order chi connectivity index (χ1) is 8.67. The van der Waals surface area contributed by atoms with Crippen molar-refractivity contribution in [3.63, 3.8) is 0 Å². The number of ether oxygens (including phenoxy) is 1. The highest BCUT2D eigenvalue weighted by Crippen LogP contribution is 2.07. The molecule has 0 spiro atoms. The van der Waals surface area contributed by atoms with Crippen LogP contribution >= 0.6 is 0 Å². The molecule has 1 atom stereocenters. The van der Waals surface area contributed by atoms with Crippen molar-refractivity contribution in [3.8, 4) is 0 Å². The number of aromatic nitrogens is 2. The van der Waals surface area contributed by atoms with E-state index in [4.69, 9.17) is 4.74 Å². The van der Waals surface area contributed by atoms with Gasteiger partial charge in [-0.25, -0.2) is 4.79 Å². The summed E-state index contributed by atoms with van der Waals surface area (Å²) in [6.07, 6.45) is 1.08. The van der Waals surface area contributed by atoms with Gasteiger partial charge in [0.25, 0.3) is 0 Å². The summed E-state index contributed by atoms with van der Waals surface area (Å²) in [5.41, 5.74) is -0.596. The van der Waals surface area contributed by atoms with Crippen molar-refractivity contribution in [1.29, 1.82) is 0 Å². The number of amides is 2. The third kappa shape index (κ3) is 5.41. The normalized spacial score (nSPS) is 12.7. The Hall–Kier alpha value is -2.05. The minimum absolute atomic E-state index is 0.357. The van der Waals surface area contributed by atoms with E-state index in [1.54, 1.807) is 51.7 Å². The van der Waals surface area contributed by atoms with Gasteiger partial charge in [-0.2, -0.15) is 5.10 Å². The summed E-state index contributed by atoms with van der Waals surface area (Å²) >= 11 is 0. The molecule has 7 nitrogen and oxygen atoms in total. The van der Waals surface area contributed by atoms with Gasteiger partial charge in [0, 0.05) is 19.3 Å². The summed E-state index contributed by atoms with van der Waals surface area (Å²) in [4.78, 5) is 23.3. The number of nitrogens with one attached hydrogen (secondary N) is 2. The van der Waals surface area contributed by atoms with E-state index in [-0.39, 0.29) is 5.91 Å². The lowest BCUT2D eigenvalue weighted by atomic mass is 10.2. The van der Waals surface area contributed by atoms with Crippen LogP contribution in [0, 0.1) is 0 Å². The van der Waals surface area contributed by atoms with Crippen LogP contribution in [0.3, 0.4) is 0 Å². The predicted molar refractivity (Wildman–Crippen MR) is 70.7 cm³/mol. The lowest BCUT2D eigenvalue weighted by molar-refractivity contribution is -0.117. The van der Waals surface area contributed by atoms with Gasteiger partial charge in [0.2, 0.25) is 5.91 Å². The van der Waals surface area contributed by atoms with Gasteiger partial charge >= 0.3 is 6.09 Å². The van der Waals surface area contributed by atoms with Crippen LogP contribution in [0.4, 0.5) is 10.6 Å².